The minimum atomic E-state index is -3.37. The Labute approximate surface area is 115 Å². The van der Waals surface area contributed by atoms with Crippen molar-refractivity contribution in [3.05, 3.63) is 29.3 Å². The van der Waals surface area contributed by atoms with Crippen LogP contribution in [0.1, 0.15) is 25.0 Å². The number of fused-ring (bicyclic) bond motifs is 1. The predicted molar refractivity (Wildman–Crippen MR) is 76.5 cm³/mol. The highest BCUT2D eigenvalue weighted by Gasteiger charge is 2.26. The summed E-state index contributed by atoms with van der Waals surface area (Å²) in [5.74, 6) is 0.320. The lowest BCUT2D eigenvalue weighted by Crippen LogP contribution is -2.33. The molecule has 0 bridgehead atoms. The van der Waals surface area contributed by atoms with Gasteiger partial charge in [-0.2, -0.15) is 0 Å². The maximum atomic E-state index is 12.6. The summed E-state index contributed by atoms with van der Waals surface area (Å²) in [6, 6.07) is 5.57. The van der Waals surface area contributed by atoms with Crippen molar-refractivity contribution in [1.29, 1.82) is 0 Å². The van der Waals surface area contributed by atoms with Gasteiger partial charge in [-0.25, -0.2) is 12.7 Å². The van der Waals surface area contributed by atoms with Gasteiger partial charge in [-0.3, -0.25) is 0 Å². The van der Waals surface area contributed by atoms with Crippen LogP contribution < -0.4 is 5.32 Å². The third-order valence-electron chi connectivity index (χ3n) is 3.41. The van der Waals surface area contributed by atoms with Gasteiger partial charge < -0.3 is 5.32 Å². The lowest BCUT2D eigenvalue weighted by Gasteiger charge is -2.24. The fourth-order valence-electron chi connectivity index (χ4n) is 2.52. The molecule has 0 aliphatic carbocycles. The molecule has 0 atom stereocenters. The van der Waals surface area contributed by atoms with Crippen LogP contribution in [0.3, 0.4) is 0 Å². The van der Waals surface area contributed by atoms with E-state index in [-0.39, 0.29) is 0 Å². The molecule has 2 rings (SSSR count). The quantitative estimate of drug-likeness (QED) is 0.913. The number of rotatable bonds is 4. The molecule has 0 unspecified atom stereocenters. The zero-order valence-electron chi connectivity index (χ0n) is 11.8. The molecule has 1 aliphatic rings. The molecule has 0 saturated heterocycles. The van der Waals surface area contributed by atoms with Crippen LogP contribution in [0.25, 0.3) is 0 Å². The molecule has 1 aromatic carbocycles. The van der Waals surface area contributed by atoms with Gasteiger partial charge >= 0.3 is 0 Å². The molecular weight excluding hydrogens is 260 g/mol. The lowest BCUT2D eigenvalue weighted by molar-refractivity contribution is 0.416. The van der Waals surface area contributed by atoms with Crippen LogP contribution in [-0.4, -0.2) is 32.9 Å². The van der Waals surface area contributed by atoms with Crippen molar-refractivity contribution in [3.63, 3.8) is 0 Å². The summed E-state index contributed by atoms with van der Waals surface area (Å²) < 4.78 is 26.8. The van der Waals surface area contributed by atoms with Crippen molar-refractivity contribution in [3.8, 4) is 0 Å². The molecule has 1 heterocycles. The molecule has 0 amide bonds. The van der Waals surface area contributed by atoms with Gasteiger partial charge in [0.1, 0.15) is 0 Å². The van der Waals surface area contributed by atoms with E-state index >= 15 is 0 Å². The van der Waals surface area contributed by atoms with E-state index in [2.05, 4.69) is 5.32 Å². The van der Waals surface area contributed by atoms with Crippen LogP contribution >= 0.6 is 0 Å². The first-order valence-corrected chi connectivity index (χ1v) is 8.14. The van der Waals surface area contributed by atoms with E-state index in [9.17, 15) is 8.42 Å². The van der Waals surface area contributed by atoms with Crippen LogP contribution in [0.5, 0.6) is 0 Å². The zero-order chi connectivity index (χ0) is 14.0. The fourth-order valence-corrected chi connectivity index (χ4v) is 4.14. The number of hydrogen-bond donors (Lipinski definition) is 1. The molecule has 0 fully saturated rings. The van der Waals surface area contributed by atoms with Crippen molar-refractivity contribution in [2.24, 2.45) is 5.92 Å². The molecule has 1 aliphatic heterocycles. The zero-order valence-corrected chi connectivity index (χ0v) is 12.6. The average molecular weight is 282 g/mol. The maximum absolute atomic E-state index is 12.6. The Morgan fingerprint density at radius 1 is 1.37 bits per heavy atom. The number of nitrogens with zero attached hydrogens (tertiary/aromatic N) is 1. The van der Waals surface area contributed by atoms with Crippen LogP contribution in [0.15, 0.2) is 23.1 Å². The first-order valence-electron chi connectivity index (χ1n) is 6.70. The van der Waals surface area contributed by atoms with Crippen LogP contribution in [-0.2, 0) is 23.0 Å². The smallest absolute Gasteiger partial charge is 0.243 e. The highest BCUT2D eigenvalue weighted by Crippen LogP contribution is 2.25. The highest BCUT2D eigenvalue weighted by atomic mass is 32.2. The number of hydrogen-bond acceptors (Lipinski definition) is 3. The van der Waals surface area contributed by atoms with Crippen molar-refractivity contribution in [2.45, 2.75) is 31.7 Å². The van der Waals surface area contributed by atoms with Gasteiger partial charge in [0, 0.05) is 20.1 Å². The number of benzene rings is 1. The third-order valence-corrected chi connectivity index (χ3v) is 5.32. The minimum Gasteiger partial charge on any atom is -0.312 e. The summed E-state index contributed by atoms with van der Waals surface area (Å²) in [6.07, 6.45) is 0.778. The summed E-state index contributed by atoms with van der Waals surface area (Å²) in [4.78, 5) is 0.481. The topological polar surface area (TPSA) is 49.4 Å². The van der Waals surface area contributed by atoms with Gasteiger partial charge in [-0.1, -0.05) is 26.0 Å². The Balaban J connectivity index is 2.41. The van der Waals surface area contributed by atoms with Crippen LogP contribution in [0.4, 0.5) is 0 Å². The molecule has 106 valence electrons. The second-order valence-corrected chi connectivity index (χ2v) is 7.51. The van der Waals surface area contributed by atoms with Crippen molar-refractivity contribution in [1.82, 2.24) is 9.62 Å². The third kappa shape index (κ3) is 2.99. The molecule has 5 heteroatoms. The van der Waals surface area contributed by atoms with Crippen molar-refractivity contribution >= 4 is 10.0 Å². The van der Waals surface area contributed by atoms with Crippen LogP contribution in [0.2, 0.25) is 0 Å². The second-order valence-electron chi connectivity index (χ2n) is 5.50. The molecule has 0 aromatic heterocycles. The Hall–Kier alpha value is -0.910. The molecule has 1 N–H and O–H groups in total. The fraction of sp³-hybridized carbons (Fsp3) is 0.571. The predicted octanol–water partition coefficient (Wildman–Crippen LogP) is 1.61. The maximum Gasteiger partial charge on any atom is 0.243 e. The van der Waals surface area contributed by atoms with Crippen molar-refractivity contribution in [2.75, 3.05) is 20.1 Å². The number of nitrogens with one attached hydrogen (secondary N) is 1. The molecule has 4 nitrogen and oxygen atoms in total. The van der Waals surface area contributed by atoms with Gasteiger partial charge in [0.2, 0.25) is 10.0 Å². The monoisotopic (exact) mass is 282 g/mol. The molecule has 0 radical (unpaired) electrons. The van der Waals surface area contributed by atoms with E-state index in [0.29, 0.717) is 17.4 Å². The van der Waals surface area contributed by atoms with E-state index in [1.54, 1.807) is 13.1 Å². The van der Waals surface area contributed by atoms with E-state index in [1.165, 1.54) is 4.31 Å². The molecule has 1 aromatic rings. The lowest BCUT2D eigenvalue weighted by atomic mass is 10.0. The number of sulfonamides is 1. The van der Waals surface area contributed by atoms with Gasteiger partial charge in [-0.05, 0) is 36.1 Å². The summed E-state index contributed by atoms with van der Waals surface area (Å²) >= 11 is 0. The standard InChI is InChI=1S/C14H22N2O2S/c1-11(2)10-16(3)19(17,18)14-6-4-5-12-9-15-8-7-13(12)14/h4-6,11,15H,7-10H2,1-3H3. The molecule has 0 saturated carbocycles. The Morgan fingerprint density at radius 2 is 2.11 bits per heavy atom. The average Bonchev–Trinajstić information content (AvgIpc) is 2.37. The Morgan fingerprint density at radius 3 is 2.79 bits per heavy atom. The van der Waals surface area contributed by atoms with E-state index in [0.717, 1.165) is 30.6 Å². The van der Waals surface area contributed by atoms with Gasteiger partial charge in [0.05, 0.1) is 4.90 Å². The normalized spacial score (nSPS) is 15.8. The Kier molecular flexibility index (Phi) is 4.28. The molecule has 0 spiro atoms. The van der Waals surface area contributed by atoms with Gasteiger partial charge in [-0.15, -0.1) is 0 Å². The second kappa shape index (κ2) is 5.61. The van der Waals surface area contributed by atoms with E-state index in [1.807, 2.05) is 26.0 Å². The molecular formula is C14H22N2O2S. The van der Waals surface area contributed by atoms with Crippen LogP contribution in [0, 0.1) is 5.92 Å². The summed E-state index contributed by atoms with van der Waals surface area (Å²) in [7, 11) is -1.71. The summed E-state index contributed by atoms with van der Waals surface area (Å²) in [5.41, 5.74) is 2.09. The first-order chi connectivity index (χ1) is 8.93. The summed E-state index contributed by atoms with van der Waals surface area (Å²) in [6.45, 7) is 6.19. The van der Waals surface area contributed by atoms with Gasteiger partial charge in [0.25, 0.3) is 0 Å². The Bertz CT molecular complexity index is 553. The summed E-state index contributed by atoms with van der Waals surface area (Å²) in [5, 5.41) is 3.27. The van der Waals surface area contributed by atoms with E-state index in [4.69, 9.17) is 0 Å². The minimum absolute atomic E-state index is 0.320. The first kappa shape index (κ1) is 14.5. The highest BCUT2D eigenvalue weighted by molar-refractivity contribution is 7.89. The van der Waals surface area contributed by atoms with Gasteiger partial charge in [0.15, 0.2) is 0 Å². The molecule has 19 heavy (non-hydrogen) atoms. The SMILES string of the molecule is CC(C)CN(C)S(=O)(=O)c1cccc2c1CCNC2. The largest absolute Gasteiger partial charge is 0.312 e. The van der Waals surface area contributed by atoms with E-state index < -0.39 is 10.0 Å². The van der Waals surface area contributed by atoms with Crippen molar-refractivity contribution < 1.29 is 8.42 Å².